The van der Waals surface area contributed by atoms with Crippen molar-refractivity contribution in [2.24, 2.45) is 5.73 Å². The Morgan fingerprint density at radius 3 is 3.16 bits per heavy atom. The van der Waals surface area contributed by atoms with E-state index in [0.717, 1.165) is 25.3 Å². The van der Waals surface area contributed by atoms with E-state index in [1.165, 1.54) is 0 Å². The molecule has 1 aromatic rings. The Labute approximate surface area is 113 Å². The summed E-state index contributed by atoms with van der Waals surface area (Å²) in [5.41, 5.74) is 5.89. The highest BCUT2D eigenvalue weighted by Crippen LogP contribution is 2.18. The van der Waals surface area contributed by atoms with Crippen molar-refractivity contribution in [1.82, 2.24) is 9.97 Å². The largest absolute Gasteiger partial charge is 0.477 e. The van der Waals surface area contributed by atoms with Crippen LogP contribution >= 0.6 is 0 Å². The summed E-state index contributed by atoms with van der Waals surface area (Å²) in [7, 11) is 0. The first kappa shape index (κ1) is 14.0. The van der Waals surface area contributed by atoms with Gasteiger partial charge in [-0.05, 0) is 13.3 Å². The second-order valence-corrected chi connectivity index (χ2v) is 4.78. The number of hydrogen-bond acceptors (Lipinski definition) is 6. The Morgan fingerprint density at radius 1 is 1.58 bits per heavy atom. The summed E-state index contributed by atoms with van der Waals surface area (Å²) in [6.07, 6.45) is 4.39. The molecule has 6 nitrogen and oxygen atoms in total. The van der Waals surface area contributed by atoms with E-state index in [1.807, 2.05) is 6.92 Å². The van der Waals surface area contributed by atoms with Crippen LogP contribution < -0.4 is 15.4 Å². The molecule has 2 unspecified atom stereocenters. The number of nitrogens with two attached hydrogens (primary N) is 1. The highest BCUT2D eigenvalue weighted by atomic mass is 16.5. The average molecular weight is 266 g/mol. The normalized spacial score (nSPS) is 21.2. The molecule has 1 fully saturated rings. The molecule has 106 valence electrons. The fourth-order valence-electron chi connectivity index (χ4n) is 1.97. The molecule has 1 saturated heterocycles. The molecule has 0 amide bonds. The fraction of sp³-hybridized carbons (Fsp3) is 0.692. The van der Waals surface area contributed by atoms with Gasteiger partial charge in [0.25, 0.3) is 0 Å². The van der Waals surface area contributed by atoms with E-state index < -0.39 is 0 Å². The summed E-state index contributed by atoms with van der Waals surface area (Å²) < 4.78 is 11.1. The SMILES string of the molecule is CCCOc1cncc(N2CCOC(C(C)N)C2)n1. The maximum Gasteiger partial charge on any atom is 0.234 e. The van der Waals surface area contributed by atoms with Crippen LogP contribution in [0.5, 0.6) is 5.88 Å². The number of rotatable bonds is 5. The van der Waals surface area contributed by atoms with E-state index in [2.05, 4.69) is 21.8 Å². The monoisotopic (exact) mass is 266 g/mol. The fourth-order valence-corrected chi connectivity index (χ4v) is 1.97. The molecule has 0 aromatic carbocycles. The van der Waals surface area contributed by atoms with Gasteiger partial charge in [-0.3, -0.25) is 4.98 Å². The molecule has 6 heteroatoms. The number of hydrogen-bond donors (Lipinski definition) is 1. The molecule has 0 saturated carbocycles. The van der Waals surface area contributed by atoms with Crippen molar-refractivity contribution < 1.29 is 9.47 Å². The Hall–Kier alpha value is -1.40. The van der Waals surface area contributed by atoms with Crippen molar-refractivity contribution in [2.45, 2.75) is 32.4 Å². The number of ether oxygens (including phenoxy) is 2. The molecule has 2 N–H and O–H groups in total. The van der Waals surface area contributed by atoms with Crippen LogP contribution in [0, 0.1) is 0 Å². The van der Waals surface area contributed by atoms with E-state index in [1.54, 1.807) is 12.4 Å². The zero-order valence-corrected chi connectivity index (χ0v) is 11.6. The van der Waals surface area contributed by atoms with Crippen molar-refractivity contribution in [2.75, 3.05) is 31.2 Å². The minimum atomic E-state index is 0.00952. The summed E-state index contributed by atoms with van der Waals surface area (Å²) in [6, 6.07) is 0.00952. The second kappa shape index (κ2) is 6.68. The molecule has 2 rings (SSSR count). The average Bonchev–Trinajstić information content (AvgIpc) is 2.45. The van der Waals surface area contributed by atoms with Crippen LogP contribution in [-0.2, 0) is 4.74 Å². The second-order valence-electron chi connectivity index (χ2n) is 4.78. The van der Waals surface area contributed by atoms with Crippen LogP contribution in [0.25, 0.3) is 0 Å². The number of morpholine rings is 1. The summed E-state index contributed by atoms with van der Waals surface area (Å²) in [4.78, 5) is 10.8. The van der Waals surface area contributed by atoms with Crippen LogP contribution in [0.4, 0.5) is 5.82 Å². The Morgan fingerprint density at radius 2 is 2.42 bits per heavy atom. The minimum absolute atomic E-state index is 0.00952. The van der Waals surface area contributed by atoms with Gasteiger partial charge in [-0.2, -0.15) is 4.98 Å². The highest BCUT2D eigenvalue weighted by Gasteiger charge is 2.24. The van der Waals surface area contributed by atoms with Gasteiger partial charge in [-0.25, -0.2) is 0 Å². The zero-order valence-electron chi connectivity index (χ0n) is 11.6. The van der Waals surface area contributed by atoms with Crippen LogP contribution in [0.1, 0.15) is 20.3 Å². The molecule has 2 heterocycles. The van der Waals surface area contributed by atoms with E-state index in [-0.39, 0.29) is 12.1 Å². The third-order valence-electron chi connectivity index (χ3n) is 3.06. The van der Waals surface area contributed by atoms with Crippen molar-refractivity contribution in [1.29, 1.82) is 0 Å². The molecule has 0 bridgehead atoms. The van der Waals surface area contributed by atoms with Gasteiger partial charge in [0.15, 0.2) is 5.82 Å². The quantitative estimate of drug-likeness (QED) is 0.850. The molecule has 0 aliphatic carbocycles. The molecular weight excluding hydrogens is 244 g/mol. The highest BCUT2D eigenvalue weighted by molar-refractivity contribution is 5.38. The minimum Gasteiger partial charge on any atom is -0.477 e. The van der Waals surface area contributed by atoms with E-state index in [4.69, 9.17) is 15.2 Å². The first-order valence-corrected chi connectivity index (χ1v) is 6.77. The van der Waals surface area contributed by atoms with E-state index in [9.17, 15) is 0 Å². The predicted octanol–water partition coefficient (Wildman–Crippen LogP) is 0.818. The number of nitrogens with zero attached hydrogens (tertiary/aromatic N) is 3. The summed E-state index contributed by atoms with van der Waals surface area (Å²) >= 11 is 0. The molecule has 0 radical (unpaired) electrons. The topological polar surface area (TPSA) is 73.5 Å². The van der Waals surface area contributed by atoms with Crippen LogP contribution in [0.2, 0.25) is 0 Å². The smallest absolute Gasteiger partial charge is 0.234 e. The Kier molecular flexibility index (Phi) is 4.93. The Balaban J connectivity index is 2.04. The molecule has 19 heavy (non-hydrogen) atoms. The van der Waals surface area contributed by atoms with Gasteiger partial charge >= 0.3 is 0 Å². The lowest BCUT2D eigenvalue weighted by Crippen LogP contribution is -2.49. The van der Waals surface area contributed by atoms with Gasteiger partial charge in [0.2, 0.25) is 5.88 Å². The maximum atomic E-state index is 5.89. The van der Waals surface area contributed by atoms with Crippen molar-refractivity contribution in [3.8, 4) is 5.88 Å². The van der Waals surface area contributed by atoms with Gasteiger partial charge in [-0.1, -0.05) is 6.92 Å². The molecular formula is C13H22N4O2. The lowest BCUT2D eigenvalue weighted by molar-refractivity contribution is 0.0273. The summed E-state index contributed by atoms with van der Waals surface area (Å²) in [6.45, 7) is 6.88. The molecule has 1 aliphatic rings. The molecule has 1 aliphatic heterocycles. The van der Waals surface area contributed by atoms with Gasteiger partial charge in [0.05, 0.1) is 31.7 Å². The lowest BCUT2D eigenvalue weighted by Gasteiger charge is -2.35. The van der Waals surface area contributed by atoms with Gasteiger partial charge in [-0.15, -0.1) is 0 Å². The summed E-state index contributed by atoms with van der Waals surface area (Å²) in [5.74, 6) is 1.39. The van der Waals surface area contributed by atoms with Crippen LogP contribution in [-0.4, -0.2) is 48.4 Å². The van der Waals surface area contributed by atoms with Crippen molar-refractivity contribution in [3.05, 3.63) is 12.4 Å². The van der Waals surface area contributed by atoms with Crippen molar-refractivity contribution in [3.63, 3.8) is 0 Å². The first-order chi connectivity index (χ1) is 9.20. The van der Waals surface area contributed by atoms with Crippen LogP contribution in [0.15, 0.2) is 12.4 Å². The van der Waals surface area contributed by atoms with Gasteiger partial charge < -0.3 is 20.1 Å². The van der Waals surface area contributed by atoms with E-state index in [0.29, 0.717) is 19.1 Å². The third kappa shape index (κ3) is 3.78. The number of aromatic nitrogens is 2. The first-order valence-electron chi connectivity index (χ1n) is 6.77. The van der Waals surface area contributed by atoms with Crippen molar-refractivity contribution >= 4 is 5.82 Å². The summed E-state index contributed by atoms with van der Waals surface area (Å²) in [5, 5.41) is 0. The van der Waals surface area contributed by atoms with Gasteiger partial charge in [0, 0.05) is 19.1 Å². The zero-order chi connectivity index (χ0) is 13.7. The lowest BCUT2D eigenvalue weighted by atomic mass is 10.1. The number of anilines is 1. The third-order valence-corrected chi connectivity index (χ3v) is 3.06. The molecule has 1 aromatic heterocycles. The standard InChI is InChI=1S/C13H22N4O2/c1-3-5-19-13-8-15-7-12(16-13)17-4-6-18-11(9-17)10(2)14/h7-8,10-11H,3-6,9,14H2,1-2H3. The van der Waals surface area contributed by atoms with E-state index >= 15 is 0 Å². The maximum absolute atomic E-state index is 5.89. The van der Waals surface area contributed by atoms with Gasteiger partial charge in [0.1, 0.15) is 0 Å². The Bertz CT molecular complexity index is 400. The molecule has 2 atom stereocenters. The predicted molar refractivity (Wildman–Crippen MR) is 73.4 cm³/mol. The van der Waals surface area contributed by atoms with Crippen LogP contribution in [0.3, 0.4) is 0 Å². The molecule has 0 spiro atoms.